The molecule has 0 atom stereocenters. The Morgan fingerprint density at radius 1 is 1.50 bits per heavy atom. The Hall–Kier alpha value is -0.680. The fraction of sp³-hybridized carbons (Fsp3) is 0. The molecule has 0 unspecified atom stereocenters. The first-order chi connectivity index (χ1) is 5.43. The van der Waals surface area contributed by atoms with Crippen molar-refractivity contribution in [1.82, 2.24) is 0 Å². The molecule has 0 bridgehead atoms. The molecule has 0 amide bonds. The third-order valence-corrected chi connectivity index (χ3v) is 3.21. The number of hydrogen-bond acceptors (Lipinski definition) is 3. The van der Waals surface area contributed by atoms with Gasteiger partial charge in [0.25, 0.3) is 0 Å². The first-order valence-electron chi connectivity index (χ1n) is 2.80. The van der Waals surface area contributed by atoms with Gasteiger partial charge in [-0.2, -0.15) is 0 Å². The molecular weight excluding hydrogens is 203 g/mol. The van der Waals surface area contributed by atoms with Crippen molar-refractivity contribution in [3.05, 3.63) is 16.3 Å². The molecule has 0 aromatic carbocycles. The summed E-state index contributed by atoms with van der Waals surface area (Å²) in [5, 5.41) is 9.40. The highest BCUT2D eigenvalue weighted by molar-refractivity contribution is 7.61. The summed E-state index contributed by atoms with van der Waals surface area (Å²) in [6.45, 7) is 0. The fourth-order valence-corrected chi connectivity index (χ4v) is 2.57. The molecule has 0 aliphatic rings. The molecule has 0 saturated carbocycles. The SMILES string of the molecule is O=C(O)c1sccc1P(=O)(O)O. The molecule has 12 heavy (non-hydrogen) atoms. The lowest BCUT2D eigenvalue weighted by molar-refractivity contribution is 0.0703. The summed E-state index contributed by atoms with van der Waals surface area (Å²) in [6.07, 6.45) is 0. The molecule has 66 valence electrons. The molecule has 0 saturated heterocycles. The summed E-state index contributed by atoms with van der Waals surface area (Å²) in [5.74, 6) is -1.32. The molecule has 1 rings (SSSR count). The second-order valence-electron chi connectivity index (χ2n) is 1.98. The monoisotopic (exact) mass is 208 g/mol. The number of carbonyl (C=O) groups is 1. The zero-order valence-corrected chi connectivity index (χ0v) is 7.38. The average Bonchev–Trinajstić information content (AvgIpc) is 2.30. The summed E-state index contributed by atoms with van der Waals surface area (Å²) in [6, 6.07) is 1.12. The van der Waals surface area contributed by atoms with Crippen molar-refractivity contribution in [2.24, 2.45) is 0 Å². The average molecular weight is 208 g/mol. The molecule has 0 radical (unpaired) electrons. The topological polar surface area (TPSA) is 94.8 Å². The molecule has 1 aromatic heterocycles. The van der Waals surface area contributed by atoms with Crippen LogP contribution in [-0.4, -0.2) is 20.9 Å². The fourth-order valence-electron chi connectivity index (χ4n) is 0.692. The van der Waals surface area contributed by atoms with E-state index in [0.29, 0.717) is 0 Å². The quantitative estimate of drug-likeness (QED) is 0.605. The third-order valence-electron chi connectivity index (χ3n) is 1.15. The molecule has 1 aromatic rings. The van der Waals surface area contributed by atoms with Crippen molar-refractivity contribution < 1.29 is 24.3 Å². The van der Waals surface area contributed by atoms with Gasteiger partial charge in [-0.3, -0.25) is 4.57 Å². The molecule has 0 spiro atoms. The largest absolute Gasteiger partial charge is 0.477 e. The van der Waals surface area contributed by atoms with Crippen LogP contribution in [0.3, 0.4) is 0 Å². The van der Waals surface area contributed by atoms with E-state index in [2.05, 4.69) is 0 Å². The summed E-state index contributed by atoms with van der Waals surface area (Å²) in [7, 11) is -4.43. The van der Waals surface area contributed by atoms with E-state index in [9.17, 15) is 9.36 Å². The summed E-state index contributed by atoms with van der Waals surface area (Å²) in [5.41, 5.74) is 0. The van der Waals surface area contributed by atoms with Crippen molar-refractivity contribution in [3.63, 3.8) is 0 Å². The number of carboxylic acid groups (broad SMARTS) is 1. The lowest BCUT2D eigenvalue weighted by Crippen LogP contribution is -2.10. The van der Waals surface area contributed by atoms with E-state index in [1.54, 1.807) is 0 Å². The van der Waals surface area contributed by atoms with Crippen molar-refractivity contribution in [3.8, 4) is 0 Å². The van der Waals surface area contributed by atoms with Crippen LogP contribution in [0.25, 0.3) is 0 Å². The maximum Gasteiger partial charge on any atom is 0.357 e. The Balaban J connectivity index is 3.26. The van der Waals surface area contributed by atoms with Gasteiger partial charge in [0.15, 0.2) is 0 Å². The van der Waals surface area contributed by atoms with E-state index in [1.165, 1.54) is 5.38 Å². The molecule has 0 fully saturated rings. The highest BCUT2D eigenvalue weighted by Crippen LogP contribution is 2.36. The smallest absolute Gasteiger partial charge is 0.357 e. The molecule has 7 heteroatoms. The van der Waals surface area contributed by atoms with Gasteiger partial charge in [0.1, 0.15) is 4.88 Å². The predicted octanol–water partition coefficient (Wildman–Crippen LogP) is 0.249. The molecular formula is C5H5O5PS. The summed E-state index contributed by atoms with van der Waals surface area (Å²) < 4.78 is 10.7. The molecule has 0 aliphatic carbocycles. The molecule has 0 aliphatic heterocycles. The molecule has 3 N–H and O–H groups in total. The standard InChI is InChI=1S/C5H5O5PS/c6-5(7)4-3(1-2-12-4)11(8,9)10/h1-2H,(H,6,7)(H2,8,9,10). The second kappa shape index (κ2) is 2.99. The van der Waals surface area contributed by atoms with E-state index in [0.717, 1.165) is 17.4 Å². The number of carboxylic acids is 1. The number of thiophene rings is 1. The summed E-state index contributed by atoms with van der Waals surface area (Å²) >= 11 is 0.793. The Bertz CT molecular complexity index is 350. The maximum atomic E-state index is 10.7. The first-order valence-corrected chi connectivity index (χ1v) is 5.29. The van der Waals surface area contributed by atoms with Crippen LogP contribution in [0.15, 0.2) is 11.4 Å². The van der Waals surface area contributed by atoms with Gasteiger partial charge in [-0.05, 0) is 11.4 Å². The molecule has 1 heterocycles. The van der Waals surface area contributed by atoms with Gasteiger partial charge in [-0.15, -0.1) is 11.3 Å². The van der Waals surface area contributed by atoms with Gasteiger partial charge in [-0.1, -0.05) is 0 Å². The van der Waals surface area contributed by atoms with E-state index < -0.39 is 18.9 Å². The number of aromatic carboxylic acids is 1. The minimum atomic E-state index is -4.43. The predicted molar refractivity (Wildman–Crippen MR) is 43.0 cm³/mol. The number of hydrogen-bond donors (Lipinski definition) is 3. The third kappa shape index (κ3) is 1.73. The Labute approximate surface area is 71.4 Å². The van der Waals surface area contributed by atoms with Crippen molar-refractivity contribution >= 4 is 30.2 Å². The van der Waals surface area contributed by atoms with Crippen LogP contribution in [0.1, 0.15) is 9.67 Å². The second-order valence-corrected chi connectivity index (χ2v) is 4.47. The van der Waals surface area contributed by atoms with E-state index >= 15 is 0 Å². The Morgan fingerprint density at radius 3 is 2.42 bits per heavy atom. The lowest BCUT2D eigenvalue weighted by atomic mass is 10.5. The van der Waals surface area contributed by atoms with Gasteiger partial charge in [0.05, 0.1) is 5.30 Å². The Kier molecular flexibility index (Phi) is 2.34. The van der Waals surface area contributed by atoms with Crippen molar-refractivity contribution in [2.45, 2.75) is 0 Å². The van der Waals surface area contributed by atoms with E-state index in [-0.39, 0.29) is 4.88 Å². The van der Waals surface area contributed by atoms with E-state index in [1.807, 2.05) is 0 Å². The van der Waals surface area contributed by atoms with Crippen molar-refractivity contribution in [2.75, 3.05) is 0 Å². The van der Waals surface area contributed by atoms with Crippen LogP contribution >= 0.6 is 18.9 Å². The van der Waals surface area contributed by atoms with Crippen LogP contribution in [-0.2, 0) is 4.57 Å². The summed E-state index contributed by atoms with van der Waals surface area (Å²) in [4.78, 5) is 27.4. The minimum Gasteiger partial charge on any atom is -0.477 e. The highest BCUT2D eigenvalue weighted by atomic mass is 32.1. The zero-order chi connectivity index (χ0) is 9.35. The Morgan fingerprint density at radius 2 is 2.08 bits per heavy atom. The minimum absolute atomic E-state index is 0.302. The van der Waals surface area contributed by atoms with Gasteiger partial charge >= 0.3 is 13.6 Å². The van der Waals surface area contributed by atoms with Crippen LogP contribution in [0, 0.1) is 0 Å². The van der Waals surface area contributed by atoms with E-state index in [4.69, 9.17) is 14.9 Å². The maximum absolute atomic E-state index is 10.7. The number of rotatable bonds is 2. The molecule has 5 nitrogen and oxygen atoms in total. The zero-order valence-electron chi connectivity index (χ0n) is 5.67. The normalized spacial score (nSPS) is 11.5. The van der Waals surface area contributed by atoms with Gasteiger partial charge in [0, 0.05) is 0 Å². The van der Waals surface area contributed by atoms with Crippen LogP contribution in [0.4, 0.5) is 0 Å². The van der Waals surface area contributed by atoms with Crippen molar-refractivity contribution in [1.29, 1.82) is 0 Å². The van der Waals surface area contributed by atoms with Crippen LogP contribution in [0.2, 0.25) is 0 Å². The first kappa shape index (κ1) is 9.41. The van der Waals surface area contributed by atoms with Gasteiger partial charge in [-0.25, -0.2) is 4.79 Å². The van der Waals surface area contributed by atoms with Crippen LogP contribution in [0.5, 0.6) is 0 Å². The van der Waals surface area contributed by atoms with Crippen LogP contribution < -0.4 is 5.30 Å². The lowest BCUT2D eigenvalue weighted by Gasteiger charge is -2.00. The van der Waals surface area contributed by atoms with Gasteiger partial charge < -0.3 is 14.9 Å². The highest BCUT2D eigenvalue weighted by Gasteiger charge is 2.25. The van der Waals surface area contributed by atoms with Gasteiger partial charge in [0.2, 0.25) is 0 Å².